The number of rotatable bonds is 5. The Morgan fingerprint density at radius 3 is 2.67 bits per heavy atom. The molecule has 1 unspecified atom stereocenters. The SMILES string of the molecule is O=C(O)C(=O)CC1CN(c2ccc(N3CCOCC3)c(F)c2)CO1. The molecule has 0 aromatic heterocycles. The molecule has 0 bridgehead atoms. The number of ether oxygens (including phenoxy) is 2. The fourth-order valence-corrected chi connectivity index (χ4v) is 2.90. The van der Waals surface area contributed by atoms with Crippen molar-refractivity contribution in [3.8, 4) is 0 Å². The lowest BCUT2D eigenvalue weighted by Crippen LogP contribution is -2.36. The molecule has 2 saturated heterocycles. The van der Waals surface area contributed by atoms with Crippen LogP contribution in [-0.2, 0) is 19.1 Å². The van der Waals surface area contributed by atoms with Gasteiger partial charge in [-0.2, -0.15) is 0 Å². The summed E-state index contributed by atoms with van der Waals surface area (Å²) in [5.74, 6) is -2.66. The van der Waals surface area contributed by atoms with Crippen LogP contribution in [0.4, 0.5) is 15.8 Å². The van der Waals surface area contributed by atoms with Crippen molar-refractivity contribution in [1.82, 2.24) is 0 Å². The number of Topliss-reactive ketones (excluding diaryl/α,β-unsaturated/α-hetero) is 1. The second-order valence-corrected chi connectivity index (χ2v) is 5.81. The summed E-state index contributed by atoms with van der Waals surface area (Å²) in [6.07, 6.45) is -0.671. The highest BCUT2D eigenvalue weighted by Gasteiger charge is 2.28. The first-order valence-electron chi connectivity index (χ1n) is 7.79. The molecule has 0 aliphatic carbocycles. The molecule has 1 N–H and O–H groups in total. The number of ketones is 1. The Morgan fingerprint density at radius 2 is 2.00 bits per heavy atom. The summed E-state index contributed by atoms with van der Waals surface area (Å²) in [4.78, 5) is 25.6. The van der Waals surface area contributed by atoms with Gasteiger partial charge in [0.25, 0.3) is 0 Å². The molecule has 2 aliphatic rings. The van der Waals surface area contributed by atoms with Gasteiger partial charge < -0.3 is 24.4 Å². The maximum atomic E-state index is 14.4. The Hall–Kier alpha value is -2.19. The van der Waals surface area contributed by atoms with E-state index in [-0.39, 0.29) is 19.0 Å². The number of aliphatic carboxylic acids is 1. The minimum atomic E-state index is -1.46. The number of carbonyl (C=O) groups excluding carboxylic acids is 1. The number of morpholine rings is 1. The highest BCUT2D eigenvalue weighted by atomic mass is 19.1. The first-order chi connectivity index (χ1) is 11.5. The molecule has 1 aromatic rings. The highest BCUT2D eigenvalue weighted by molar-refractivity contribution is 6.32. The minimum absolute atomic E-state index is 0.180. The third-order valence-electron chi connectivity index (χ3n) is 4.19. The van der Waals surface area contributed by atoms with E-state index < -0.39 is 17.9 Å². The van der Waals surface area contributed by atoms with Crippen LogP contribution in [0.3, 0.4) is 0 Å². The quantitative estimate of drug-likeness (QED) is 0.798. The average Bonchev–Trinajstić information content (AvgIpc) is 3.04. The monoisotopic (exact) mass is 338 g/mol. The predicted octanol–water partition coefficient (Wildman–Crippen LogP) is 0.869. The van der Waals surface area contributed by atoms with Crippen LogP contribution in [0.5, 0.6) is 0 Å². The fourth-order valence-electron chi connectivity index (χ4n) is 2.90. The van der Waals surface area contributed by atoms with Crippen molar-refractivity contribution in [3.63, 3.8) is 0 Å². The van der Waals surface area contributed by atoms with Gasteiger partial charge in [-0.05, 0) is 18.2 Å². The van der Waals surface area contributed by atoms with Crippen LogP contribution >= 0.6 is 0 Å². The van der Waals surface area contributed by atoms with Crippen molar-refractivity contribution in [3.05, 3.63) is 24.0 Å². The number of carbonyl (C=O) groups is 2. The number of carboxylic acid groups (broad SMARTS) is 1. The smallest absolute Gasteiger partial charge is 0.372 e. The number of benzene rings is 1. The zero-order valence-electron chi connectivity index (χ0n) is 13.1. The number of nitrogens with zero attached hydrogens (tertiary/aromatic N) is 2. The molecule has 2 aliphatic heterocycles. The number of halogens is 1. The second kappa shape index (κ2) is 7.14. The molecule has 1 aromatic carbocycles. The van der Waals surface area contributed by atoms with Gasteiger partial charge in [0.1, 0.15) is 12.5 Å². The van der Waals surface area contributed by atoms with E-state index >= 15 is 0 Å². The van der Waals surface area contributed by atoms with Crippen LogP contribution in [0.25, 0.3) is 0 Å². The molecule has 0 radical (unpaired) electrons. The van der Waals surface area contributed by atoms with E-state index in [4.69, 9.17) is 14.6 Å². The Morgan fingerprint density at radius 1 is 1.25 bits per heavy atom. The van der Waals surface area contributed by atoms with Gasteiger partial charge in [-0.25, -0.2) is 9.18 Å². The maximum Gasteiger partial charge on any atom is 0.372 e. The molecule has 130 valence electrons. The topological polar surface area (TPSA) is 79.3 Å². The molecule has 2 fully saturated rings. The number of hydrogen-bond acceptors (Lipinski definition) is 6. The summed E-state index contributed by atoms with van der Waals surface area (Å²) in [6, 6.07) is 4.97. The van der Waals surface area contributed by atoms with E-state index in [0.29, 0.717) is 44.2 Å². The van der Waals surface area contributed by atoms with E-state index in [1.165, 1.54) is 6.07 Å². The van der Waals surface area contributed by atoms with Crippen molar-refractivity contribution in [2.24, 2.45) is 0 Å². The first kappa shape index (κ1) is 16.7. The Balaban J connectivity index is 1.64. The second-order valence-electron chi connectivity index (χ2n) is 5.81. The van der Waals surface area contributed by atoms with Gasteiger partial charge in [0.05, 0.1) is 25.0 Å². The summed E-state index contributed by atoms with van der Waals surface area (Å²) in [7, 11) is 0. The van der Waals surface area contributed by atoms with Gasteiger partial charge >= 0.3 is 5.97 Å². The highest BCUT2D eigenvalue weighted by Crippen LogP contribution is 2.28. The summed E-state index contributed by atoms with van der Waals surface area (Å²) in [6.45, 7) is 3.04. The maximum absolute atomic E-state index is 14.4. The van der Waals surface area contributed by atoms with Crippen LogP contribution in [0.1, 0.15) is 6.42 Å². The lowest BCUT2D eigenvalue weighted by Gasteiger charge is -2.29. The number of carboxylic acids is 1. The van der Waals surface area contributed by atoms with Gasteiger partial charge in [0.15, 0.2) is 0 Å². The van der Waals surface area contributed by atoms with Crippen LogP contribution in [0.2, 0.25) is 0 Å². The molecule has 1 atom stereocenters. The Bertz CT molecular complexity index is 633. The van der Waals surface area contributed by atoms with Crippen molar-refractivity contribution in [2.45, 2.75) is 12.5 Å². The summed E-state index contributed by atoms with van der Waals surface area (Å²) in [5.41, 5.74) is 1.19. The normalized spacial score (nSPS) is 21.1. The van der Waals surface area contributed by atoms with E-state index in [1.807, 2.05) is 4.90 Å². The predicted molar refractivity (Wildman–Crippen MR) is 83.8 cm³/mol. The van der Waals surface area contributed by atoms with Gasteiger partial charge in [-0.1, -0.05) is 0 Å². The minimum Gasteiger partial charge on any atom is -0.475 e. The Kier molecular flexibility index (Phi) is 4.96. The molecule has 0 spiro atoms. The molecule has 0 amide bonds. The molecule has 3 rings (SSSR count). The molecule has 8 heteroatoms. The lowest BCUT2D eigenvalue weighted by atomic mass is 10.1. The van der Waals surface area contributed by atoms with Gasteiger partial charge in [-0.15, -0.1) is 0 Å². The summed E-state index contributed by atoms with van der Waals surface area (Å²) < 4.78 is 25.1. The third kappa shape index (κ3) is 3.65. The van der Waals surface area contributed by atoms with Crippen LogP contribution in [-0.4, -0.2) is 62.5 Å². The van der Waals surface area contributed by atoms with Crippen molar-refractivity contribution >= 4 is 23.1 Å². The van der Waals surface area contributed by atoms with Gasteiger partial charge in [0, 0.05) is 31.7 Å². The van der Waals surface area contributed by atoms with Gasteiger partial charge in [0.2, 0.25) is 5.78 Å². The first-order valence-corrected chi connectivity index (χ1v) is 7.79. The average molecular weight is 338 g/mol. The molecular formula is C16H19FN2O5. The molecule has 2 heterocycles. The van der Waals surface area contributed by atoms with E-state index in [1.54, 1.807) is 17.0 Å². The number of anilines is 2. The van der Waals surface area contributed by atoms with Gasteiger partial charge in [-0.3, -0.25) is 4.79 Å². The van der Waals surface area contributed by atoms with Crippen molar-refractivity contribution in [2.75, 3.05) is 49.4 Å². The summed E-state index contributed by atoms with van der Waals surface area (Å²) >= 11 is 0. The number of hydrogen-bond donors (Lipinski definition) is 1. The zero-order chi connectivity index (χ0) is 17.1. The van der Waals surface area contributed by atoms with Crippen LogP contribution < -0.4 is 9.80 Å². The van der Waals surface area contributed by atoms with E-state index in [2.05, 4.69) is 0 Å². The zero-order valence-corrected chi connectivity index (χ0v) is 13.1. The molecule has 7 nitrogen and oxygen atoms in total. The third-order valence-corrected chi connectivity index (χ3v) is 4.19. The lowest BCUT2D eigenvalue weighted by molar-refractivity contribution is -0.150. The van der Waals surface area contributed by atoms with Crippen LogP contribution in [0.15, 0.2) is 18.2 Å². The van der Waals surface area contributed by atoms with Crippen LogP contribution in [0, 0.1) is 5.82 Å². The van der Waals surface area contributed by atoms with Crippen molar-refractivity contribution in [1.29, 1.82) is 0 Å². The standard InChI is InChI=1S/C16H19FN2O5/c17-13-7-11(1-2-14(13)18-3-5-23-6-4-18)19-9-12(24-10-19)8-15(20)16(21)22/h1-2,7,12H,3-6,8-10H2,(H,21,22). The molecule has 0 saturated carbocycles. The van der Waals surface area contributed by atoms with E-state index in [0.717, 1.165) is 0 Å². The molecular weight excluding hydrogens is 319 g/mol. The largest absolute Gasteiger partial charge is 0.475 e. The summed E-state index contributed by atoms with van der Waals surface area (Å²) in [5, 5.41) is 8.63. The molecule has 24 heavy (non-hydrogen) atoms. The van der Waals surface area contributed by atoms with Crippen molar-refractivity contribution < 1.29 is 28.6 Å². The fraction of sp³-hybridized carbons (Fsp3) is 0.500. The van der Waals surface area contributed by atoms with E-state index in [9.17, 15) is 14.0 Å². The Labute approximate surface area is 138 Å².